The molecule has 0 fully saturated rings. The van der Waals surface area contributed by atoms with Crippen LogP contribution in [-0.4, -0.2) is 31.8 Å². The summed E-state index contributed by atoms with van der Waals surface area (Å²) in [7, 11) is 0. The van der Waals surface area contributed by atoms with E-state index in [1.165, 1.54) is 0 Å². The van der Waals surface area contributed by atoms with E-state index in [0.717, 1.165) is 28.4 Å². The van der Waals surface area contributed by atoms with Gasteiger partial charge in [-0.1, -0.05) is 23.4 Å². The zero-order valence-electron chi connectivity index (χ0n) is 15.8. The molecule has 0 saturated heterocycles. The lowest BCUT2D eigenvalue weighted by Crippen LogP contribution is -2.41. The molecule has 31 heavy (non-hydrogen) atoms. The molecule has 0 aliphatic rings. The molecule has 0 atom stereocenters. The average molecular weight is 430 g/mol. The van der Waals surface area contributed by atoms with E-state index < -0.39 is 23.6 Å². The highest BCUT2D eigenvalue weighted by Gasteiger charge is 2.30. The topological polar surface area (TPSA) is 115 Å². The number of aryl methyl sites for hydroxylation is 1. The van der Waals surface area contributed by atoms with Crippen LogP contribution in [0.3, 0.4) is 0 Å². The van der Waals surface area contributed by atoms with Gasteiger partial charge in [-0.25, -0.2) is 9.67 Å². The number of rotatable bonds is 3. The van der Waals surface area contributed by atoms with Gasteiger partial charge in [0.1, 0.15) is 5.58 Å². The van der Waals surface area contributed by atoms with Gasteiger partial charge in [0.15, 0.2) is 17.3 Å². The van der Waals surface area contributed by atoms with E-state index in [-0.39, 0.29) is 17.3 Å². The average Bonchev–Trinajstić information content (AvgIpc) is 3.37. The van der Waals surface area contributed by atoms with Crippen LogP contribution in [0.1, 0.15) is 32.2 Å². The molecule has 2 amide bonds. The summed E-state index contributed by atoms with van der Waals surface area (Å²) in [5.74, 6) is -1.39. The molecular weight excluding hydrogens is 417 g/mol. The zero-order valence-corrected chi connectivity index (χ0v) is 15.8. The van der Waals surface area contributed by atoms with Gasteiger partial charge >= 0.3 is 12.1 Å². The number of furan rings is 1. The number of benzene rings is 1. The van der Waals surface area contributed by atoms with Crippen molar-refractivity contribution in [2.24, 2.45) is 0 Å². The molecule has 0 bridgehead atoms. The molecule has 0 radical (unpaired) electrons. The fourth-order valence-corrected chi connectivity index (χ4v) is 2.79. The highest BCUT2D eigenvalue weighted by Crippen LogP contribution is 2.28. The number of para-hydroxylation sites is 1. The molecule has 12 heteroatoms. The van der Waals surface area contributed by atoms with Crippen LogP contribution < -0.4 is 10.9 Å². The molecule has 4 aromatic rings. The quantitative estimate of drug-likeness (QED) is 0.483. The van der Waals surface area contributed by atoms with Crippen LogP contribution in [0.15, 0.2) is 53.2 Å². The van der Waals surface area contributed by atoms with Crippen LogP contribution in [0.5, 0.6) is 0 Å². The van der Waals surface area contributed by atoms with E-state index in [2.05, 4.69) is 26.1 Å². The largest absolute Gasteiger partial charge is 0.451 e. The van der Waals surface area contributed by atoms with E-state index in [9.17, 15) is 22.8 Å². The zero-order chi connectivity index (χ0) is 22.2. The Bertz CT molecular complexity index is 1280. The van der Waals surface area contributed by atoms with E-state index in [1.54, 1.807) is 25.1 Å². The van der Waals surface area contributed by atoms with Crippen molar-refractivity contribution in [1.82, 2.24) is 30.8 Å². The van der Waals surface area contributed by atoms with Gasteiger partial charge in [0, 0.05) is 17.1 Å². The number of amides is 2. The number of hydrazine groups is 1. The summed E-state index contributed by atoms with van der Waals surface area (Å²) in [5, 5.41) is 8.06. The number of pyridine rings is 1. The maximum Gasteiger partial charge on any atom is 0.417 e. The second-order valence-electron chi connectivity index (χ2n) is 6.41. The van der Waals surface area contributed by atoms with E-state index in [4.69, 9.17) is 4.42 Å². The summed E-state index contributed by atoms with van der Waals surface area (Å²) in [6.45, 7) is 1.71. The van der Waals surface area contributed by atoms with Crippen LogP contribution in [0.4, 0.5) is 13.2 Å². The molecule has 2 N–H and O–H groups in total. The summed E-state index contributed by atoms with van der Waals surface area (Å²) in [5.41, 5.74) is 4.44. The second-order valence-corrected chi connectivity index (χ2v) is 6.41. The number of alkyl halides is 3. The Morgan fingerprint density at radius 2 is 1.81 bits per heavy atom. The van der Waals surface area contributed by atoms with Crippen LogP contribution >= 0.6 is 0 Å². The minimum atomic E-state index is -4.52. The Balaban J connectivity index is 1.43. The first-order valence-corrected chi connectivity index (χ1v) is 8.79. The minimum Gasteiger partial charge on any atom is -0.451 e. The highest BCUT2D eigenvalue weighted by atomic mass is 19.4. The van der Waals surface area contributed by atoms with E-state index in [1.807, 2.05) is 6.07 Å². The first-order valence-electron chi connectivity index (χ1n) is 8.79. The Kier molecular flexibility index (Phi) is 4.89. The van der Waals surface area contributed by atoms with Gasteiger partial charge in [-0.3, -0.25) is 20.4 Å². The monoisotopic (exact) mass is 430 g/mol. The third kappa shape index (κ3) is 3.95. The molecule has 0 unspecified atom stereocenters. The van der Waals surface area contributed by atoms with Gasteiger partial charge in [0.05, 0.1) is 11.8 Å². The van der Waals surface area contributed by atoms with E-state index in [0.29, 0.717) is 17.3 Å². The van der Waals surface area contributed by atoms with Crippen molar-refractivity contribution in [3.05, 3.63) is 71.4 Å². The van der Waals surface area contributed by atoms with Crippen molar-refractivity contribution in [1.29, 1.82) is 0 Å². The molecule has 9 nitrogen and oxygen atoms in total. The fraction of sp³-hybridized carbons (Fsp3) is 0.105. The highest BCUT2D eigenvalue weighted by molar-refractivity contribution is 6.00. The summed E-state index contributed by atoms with van der Waals surface area (Å²) >= 11 is 0. The molecule has 1 aromatic carbocycles. The minimum absolute atomic E-state index is 0.0292. The third-order valence-electron chi connectivity index (χ3n) is 4.38. The Hall–Kier alpha value is -4.22. The molecule has 158 valence electrons. The van der Waals surface area contributed by atoms with Gasteiger partial charge in [-0.2, -0.15) is 13.2 Å². The van der Waals surface area contributed by atoms with Crippen molar-refractivity contribution in [2.75, 3.05) is 0 Å². The van der Waals surface area contributed by atoms with Crippen LogP contribution in [0.25, 0.3) is 16.8 Å². The molecular formula is C19H13F3N6O3. The summed E-state index contributed by atoms with van der Waals surface area (Å²) < 4.78 is 44.4. The van der Waals surface area contributed by atoms with Gasteiger partial charge in [0.2, 0.25) is 0 Å². The molecule has 0 spiro atoms. The number of hydrogen-bond acceptors (Lipinski definition) is 6. The molecule has 3 aromatic heterocycles. The number of fused-ring (bicyclic) bond motifs is 1. The lowest BCUT2D eigenvalue weighted by Gasteiger charge is -2.06. The van der Waals surface area contributed by atoms with Crippen molar-refractivity contribution >= 4 is 22.8 Å². The number of carbonyl (C=O) groups is 2. The third-order valence-corrected chi connectivity index (χ3v) is 4.38. The standard InChI is InChI=1S/C19H13F3N6O3/c1-10-12-4-2-3-5-14(12)31-16(10)18(30)26-25-17(29)13-9-28(27-24-13)15-7-6-11(8-23-15)19(20,21)22/h2-9H,1H3,(H,25,29)(H,26,30). The summed E-state index contributed by atoms with van der Waals surface area (Å²) in [6, 6.07) is 9.01. The normalized spacial score (nSPS) is 11.5. The second kappa shape index (κ2) is 7.55. The van der Waals surface area contributed by atoms with Gasteiger partial charge in [0.25, 0.3) is 5.91 Å². The van der Waals surface area contributed by atoms with Crippen LogP contribution in [0, 0.1) is 6.92 Å². The fourth-order valence-electron chi connectivity index (χ4n) is 2.79. The lowest BCUT2D eigenvalue weighted by molar-refractivity contribution is -0.137. The molecule has 0 aliphatic carbocycles. The number of nitrogens with one attached hydrogen (secondary N) is 2. The Morgan fingerprint density at radius 1 is 1.06 bits per heavy atom. The SMILES string of the molecule is Cc1c(C(=O)NNC(=O)c2cn(-c3ccc(C(F)(F)F)cn3)nn2)oc2ccccc12. The van der Waals surface area contributed by atoms with Gasteiger partial charge in [-0.05, 0) is 25.1 Å². The summed E-state index contributed by atoms with van der Waals surface area (Å²) in [4.78, 5) is 28.2. The lowest BCUT2D eigenvalue weighted by atomic mass is 10.1. The number of aromatic nitrogens is 4. The summed E-state index contributed by atoms with van der Waals surface area (Å²) in [6.07, 6.45) is -2.72. The maximum atomic E-state index is 12.6. The number of nitrogens with zero attached hydrogens (tertiary/aromatic N) is 4. The van der Waals surface area contributed by atoms with E-state index >= 15 is 0 Å². The predicted octanol–water partition coefficient (Wildman–Crippen LogP) is 2.81. The smallest absolute Gasteiger partial charge is 0.417 e. The number of halogens is 3. The van der Waals surface area contributed by atoms with Gasteiger partial charge in [-0.15, -0.1) is 5.10 Å². The Morgan fingerprint density at radius 3 is 2.48 bits per heavy atom. The van der Waals surface area contributed by atoms with Gasteiger partial charge < -0.3 is 4.42 Å². The number of hydrogen-bond donors (Lipinski definition) is 2. The first kappa shape index (κ1) is 20.1. The Labute approximate surface area is 171 Å². The predicted molar refractivity (Wildman–Crippen MR) is 100 cm³/mol. The number of carbonyl (C=O) groups excluding carboxylic acids is 2. The van der Waals surface area contributed by atoms with Crippen LogP contribution in [0.2, 0.25) is 0 Å². The maximum absolute atomic E-state index is 12.6. The van der Waals surface area contributed by atoms with Crippen molar-refractivity contribution in [3.8, 4) is 5.82 Å². The molecule has 4 rings (SSSR count). The van der Waals surface area contributed by atoms with Crippen molar-refractivity contribution in [3.63, 3.8) is 0 Å². The van der Waals surface area contributed by atoms with Crippen molar-refractivity contribution < 1.29 is 27.2 Å². The molecule has 3 heterocycles. The van der Waals surface area contributed by atoms with Crippen molar-refractivity contribution in [2.45, 2.75) is 13.1 Å². The first-order chi connectivity index (χ1) is 14.7. The molecule has 0 aliphatic heterocycles. The van der Waals surface area contributed by atoms with Crippen LogP contribution in [-0.2, 0) is 6.18 Å². The molecule has 0 saturated carbocycles.